The number of benzene rings is 2. The number of sulfonamides is 2. The zero-order valence-corrected chi connectivity index (χ0v) is 15.5. The SMILES string of the molecule is O=S(=O)([N-]S(=O)(=O)c1cc(Cl)cc(Cl)c1)c1cc(Cl)cc(Cl)c1. The highest BCUT2D eigenvalue weighted by atomic mass is 35.5. The molecule has 0 aliphatic carbocycles. The molecule has 0 fully saturated rings. The van der Waals surface area contributed by atoms with Crippen molar-refractivity contribution >= 4 is 66.5 Å². The third kappa shape index (κ3) is 4.73. The molecule has 11 heteroatoms. The molecule has 0 saturated heterocycles. The molecule has 0 bridgehead atoms. The Morgan fingerprint density at radius 1 is 0.565 bits per heavy atom. The lowest BCUT2D eigenvalue weighted by Gasteiger charge is -2.21. The first-order valence-electron chi connectivity index (χ1n) is 5.66. The van der Waals surface area contributed by atoms with Crippen molar-refractivity contribution in [2.75, 3.05) is 0 Å². The van der Waals surface area contributed by atoms with E-state index >= 15 is 0 Å². The first kappa shape index (κ1) is 18.8. The van der Waals surface area contributed by atoms with Crippen LogP contribution in [0.2, 0.25) is 20.1 Å². The van der Waals surface area contributed by atoms with Crippen molar-refractivity contribution in [2.45, 2.75) is 9.79 Å². The molecule has 23 heavy (non-hydrogen) atoms. The van der Waals surface area contributed by atoms with E-state index in [2.05, 4.69) is 4.13 Å². The van der Waals surface area contributed by atoms with Gasteiger partial charge in [0.2, 0.25) is 0 Å². The summed E-state index contributed by atoms with van der Waals surface area (Å²) in [4.78, 5) is -0.904. The number of nitrogens with zero attached hydrogens (tertiary/aromatic N) is 1. The molecule has 0 amide bonds. The van der Waals surface area contributed by atoms with Crippen LogP contribution in [-0.2, 0) is 20.0 Å². The van der Waals surface area contributed by atoms with Crippen LogP contribution in [0.1, 0.15) is 0 Å². The van der Waals surface area contributed by atoms with Crippen molar-refractivity contribution in [3.8, 4) is 0 Å². The standard InChI is InChI=1S/C12H6Cl4NO4S2/c13-7-1-8(14)4-11(3-7)22(18,19)17-23(20,21)12-5-9(15)2-10(16)6-12/h1-6H/q-1. The predicted molar refractivity (Wildman–Crippen MR) is 90.7 cm³/mol. The van der Waals surface area contributed by atoms with Gasteiger partial charge in [-0.3, -0.25) is 0 Å². The molecule has 0 unspecified atom stereocenters. The fraction of sp³-hybridized carbons (Fsp3) is 0. The molecule has 0 heterocycles. The van der Waals surface area contributed by atoms with Crippen LogP contribution in [0, 0.1) is 0 Å². The molecule has 124 valence electrons. The highest BCUT2D eigenvalue weighted by Crippen LogP contribution is 2.31. The first-order chi connectivity index (χ1) is 10.5. The third-order valence-corrected chi connectivity index (χ3v) is 6.57. The minimum atomic E-state index is -4.55. The molecule has 0 saturated carbocycles. The van der Waals surface area contributed by atoms with E-state index in [1.807, 2.05) is 0 Å². The van der Waals surface area contributed by atoms with Gasteiger partial charge in [0.05, 0.1) is 9.79 Å². The second-order valence-electron chi connectivity index (χ2n) is 4.23. The van der Waals surface area contributed by atoms with Gasteiger partial charge in [0.15, 0.2) is 0 Å². The Morgan fingerprint density at radius 2 is 0.826 bits per heavy atom. The quantitative estimate of drug-likeness (QED) is 0.696. The topological polar surface area (TPSA) is 82.4 Å². The lowest BCUT2D eigenvalue weighted by Crippen LogP contribution is -2.08. The minimum Gasteiger partial charge on any atom is -0.428 e. The second-order valence-corrected chi connectivity index (χ2v) is 9.42. The Labute approximate surface area is 153 Å². The summed E-state index contributed by atoms with van der Waals surface area (Å²) in [5.74, 6) is 0. The van der Waals surface area contributed by atoms with E-state index in [-0.39, 0.29) is 20.1 Å². The van der Waals surface area contributed by atoms with Crippen LogP contribution >= 0.6 is 46.4 Å². The van der Waals surface area contributed by atoms with Crippen molar-refractivity contribution in [1.29, 1.82) is 0 Å². The molecule has 0 atom stereocenters. The minimum absolute atomic E-state index is 0.0227. The maximum absolute atomic E-state index is 12.2. The zero-order chi connectivity index (χ0) is 17.4. The Balaban J connectivity index is 2.46. The van der Waals surface area contributed by atoms with Crippen LogP contribution in [-0.4, -0.2) is 16.8 Å². The maximum Gasteiger partial charge on any atom is 0.112 e. The summed E-state index contributed by atoms with van der Waals surface area (Å²) in [6, 6.07) is 6.74. The third-order valence-electron chi connectivity index (χ3n) is 2.46. The normalized spacial score (nSPS) is 12.3. The van der Waals surface area contributed by atoms with Crippen LogP contribution in [0.5, 0.6) is 0 Å². The summed E-state index contributed by atoms with van der Waals surface area (Å²) in [6.45, 7) is 0. The average molecular weight is 434 g/mol. The van der Waals surface area contributed by atoms with Gasteiger partial charge >= 0.3 is 0 Å². The molecule has 0 N–H and O–H groups in total. The van der Waals surface area contributed by atoms with E-state index in [0.717, 1.165) is 24.3 Å². The van der Waals surface area contributed by atoms with Gasteiger partial charge in [-0.15, -0.1) is 0 Å². The molecule has 0 spiro atoms. The van der Waals surface area contributed by atoms with Gasteiger partial charge < -0.3 is 4.13 Å². The summed E-state index contributed by atoms with van der Waals surface area (Å²) < 4.78 is 51.6. The van der Waals surface area contributed by atoms with Crippen LogP contribution in [0.15, 0.2) is 46.2 Å². The molecular formula is C12H6Cl4NO4S2-. The summed E-state index contributed by atoms with van der Waals surface area (Å²) in [7, 11) is -9.11. The van der Waals surface area contributed by atoms with Crippen molar-refractivity contribution < 1.29 is 16.8 Å². The summed E-state index contributed by atoms with van der Waals surface area (Å²) in [5, 5.41) is 0.0906. The molecule has 0 aliphatic heterocycles. The molecular weight excluding hydrogens is 428 g/mol. The van der Waals surface area contributed by atoms with E-state index in [1.165, 1.54) is 12.1 Å². The van der Waals surface area contributed by atoms with E-state index < -0.39 is 29.8 Å². The molecule has 0 aliphatic rings. The van der Waals surface area contributed by atoms with E-state index in [0.29, 0.717) is 0 Å². The van der Waals surface area contributed by atoms with Crippen molar-refractivity contribution in [2.24, 2.45) is 0 Å². The van der Waals surface area contributed by atoms with Gasteiger partial charge in [-0.1, -0.05) is 46.4 Å². The van der Waals surface area contributed by atoms with Crippen LogP contribution in [0.25, 0.3) is 4.13 Å². The zero-order valence-electron chi connectivity index (χ0n) is 10.9. The van der Waals surface area contributed by atoms with Crippen LogP contribution in [0.3, 0.4) is 0 Å². The largest absolute Gasteiger partial charge is 0.428 e. The average Bonchev–Trinajstić information content (AvgIpc) is 2.35. The van der Waals surface area contributed by atoms with E-state index in [1.54, 1.807) is 0 Å². The lowest BCUT2D eigenvalue weighted by atomic mass is 10.4. The van der Waals surface area contributed by atoms with E-state index in [4.69, 9.17) is 46.4 Å². The Kier molecular flexibility index (Phi) is 5.52. The monoisotopic (exact) mass is 432 g/mol. The fourth-order valence-corrected chi connectivity index (χ4v) is 5.71. The second kappa shape index (κ2) is 6.76. The first-order valence-corrected chi connectivity index (χ1v) is 10.1. The maximum atomic E-state index is 12.2. The number of hydrogen-bond donors (Lipinski definition) is 0. The van der Waals surface area contributed by atoms with Gasteiger partial charge in [0, 0.05) is 20.1 Å². The molecule has 2 aromatic rings. The predicted octanol–water partition coefficient (Wildman–Crippen LogP) is 4.75. The Hall–Kier alpha value is -0.540. The lowest BCUT2D eigenvalue weighted by molar-refractivity contribution is 0.595. The van der Waals surface area contributed by atoms with Crippen molar-refractivity contribution in [1.82, 2.24) is 0 Å². The van der Waals surface area contributed by atoms with Gasteiger partial charge in [-0.05, 0) is 36.4 Å². The van der Waals surface area contributed by atoms with Crippen LogP contribution in [0.4, 0.5) is 0 Å². The Morgan fingerprint density at radius 3 is 1.09 bits per heavy atom. The molecule has 0 radical (unpaired) electrons. The van der Waals surface area contributed by atoms with E-state index in [9.17, 15) is 16.8 Å². The highest BCUT2D eigenvalue weighted by Gasteiger charge is 2.15. The van der Waals surface area contributed by atoms with Crippen molar-refractivity contribution in [3.63, 3.8) is 0 Å². The number of halogens is 4. The van der Waals surface area contributed by atoms with Gasteiger partial charge in [-0.25, -0.2) is 16.8 Å². The smallest absolute Gasteiger partial charge is 0.112 e. The molecule has 5 nitrogen and oxygen atoms in total. The number of rotatable bonds is 4. The van der Waals surface area contributed by atoms with Crippen LogP contribution < -0.4 is 0 Å². The summed E-state index contributed by atoms with van der Waals surface area (Å²) in [5.41, 5.74) is 0. The molecule has 0 aromatic heterocycles. The summed E-state index contributed by atoms with van der Waals surface area (Å²) in [6.07, 6.45) is 0. The summed E-state index contributed by atoms with van der Waals surface area (Å²) >= 11 is 22.8. The van der Waals surface area contributed by atoms with Crippen molar-refractivity contribution in [3.05, 3.63) is 60.6 Å². The number of hydrogen-bond acceptors (Lipinski definition) is 4. The van der Waals surface area contributed by atoms with Gasteiger partial charge in [-0.2, -0.15) is 0 Å². The molecule has 2 rings (SSSR count). The highest BCUT2D eigenvalue weighted by molar-refractivity contribution is 8.12. The molecule has 2 aromatic carbocycles. The van der Waals surface area contributed by atoms with Gasteiger partial charge in [0.1, 0.15) is 20.0 Å². The Bertz CT molecular complexity index is 855. The van der Waals surface area contributed by atoms with Gasteiger partial charge in [0.25, 0.3) is 0 Å². The fourth-order valence-electron chi connectivity index (χ4n) is 1.57.